The molecule has 1 aromatic rings. The number of carboxylic acid groups (broad SMARTS) is 1. The van der Waals surface area contributed by atoms with E-state index in [-0.39, 0.29) is 6.54 Å². The number of nitrogens with zero attached hydrogens (tertiary/aromatic N) is 2. The third kappa shape index (κ3) is 4.56. The molecule has 0 saturated carbocycles. The fourth-order valence-corrected chi connectivity index (χ4v) is 3.94. The van der Waals surface area contributed by atoms with Crippen LogP contribution in [-0.4, -0.2) is 66.7 Å². The number of rotatable bonds is 5. The summed E-state index contributed by atoms with van der Waals surface area (Å²) in [5, 5.41) is 12.4. The molecule has 0 atom stereocenters. The van der Waals surface area contributed by atoms with Crippen LogP contribution in [0.3, 0.4) is 0 Å². The number of benzene rings is 1. The van der Waals surface area contributed by atoms with Gasteiger partial charge in [-0.15, -0.1) is 0 Å². The van der Waals surface area contributed by atoms with Crippen LogP contribution in [0.5, 0.6) is 0 Å². The predicted octanol–water partition coefficient (Wildman–Crippen LogP) is 1.66. The summed E-state index contributed by atoms with van der Waals surface area (Å²) in [6.45, 7) is 9.53. The first-order valence-corrected chi connectivity index (χ1v) is 9.08. The number of nitrogens with one attached hydrogen (secondary N) is 1. The number of aliphatic carboxylic acids is 1. The number of aryl methyl sites for hydroxylation is 1. The van der Waals surface area contributed by atoms with Crippen molar-refractivity contribution in [3.63, 3.8) is 0 Å². The highest BCUT2D eigenvalue weighted by molar-refractivity contribution is 5.69. The largest absolute Gasteiger partial charge is 0.480 e. The minimum atomic E-state index is -0.719. The number of likely N-dealkylation sites (tertiary alicyclic amines) is 1. The molecule has 0 radical (unpaired) electrons. The molecule has 2 saturated heterocycles. The van der Waals surface area contributed by atoms with Crippen molar-refractivity contribution in [1.82, 2.24) is 15.1 Å². The highest BCUT2D eigenvalue weighted by atomic mass is 16.4. The van der Waals surface area contributed by atoms with Crippen molar-refractivity contribution in [3.8, 4) is 0 Å². The standard InChI is InChI=1S/C19H29N3O2/c1-15-2-3-17(13-22-10-6-20-7-11-22)18(12-15)16-4-8-21(9-5-16)14-19(23)24/h2-3,12,16,20H,4-11,13-14H2,1H3,(H,23,24). The molecule has 3 rings (SSSR count). The fraction of sp³-hybridized carbons (Fsp3) is 0.632. The minimum Gasteiger partial charge on any atom is -0.480 e. The third-order valence-electron chi connectivity index (χ3n) is 5.29. The summed E-state index contributed by atoms with van der Waals surface area (Å²) < 4.78 is 0. The van der Waals surface area contributed by atoms with E-state index in [1.165, 1.54) is 16.7 Å². The number of piperidine rings is 1. The zero-order chi connectivity index (χ0) is 16.9. The zero-order valence-corrected chi connectivity index (χ0v) is 14.6. The van der Waals surface area contributed by atoms with Crippen LogP contribution in [0.15, 0.2) is 18.2 Å². The molecular formula is C19H29N3O2. The molecule has 2 heterocycles. The molecule has 0 amide bonds. The first-order chi connectivity index (χ1) is 11.6. The number of piperazine rings is 1. The second-order valence-electron chi connectivity index (χ2n) is 7.17. The van der Waals surface area contributed by atoms with Gasteiger partial charge < -0.3 is 10.4 Å². The molecule has 0 spiro atoms. The molecule has 132 valence electrons. The van der Waals surface area contributed by atoms with Crippen LogP contribution in [0.25, 0.3) is 0 Å². The second-order valence-corrected chi connectivity index (χ2v) is 7.17. The van der Waals surface area contributed by atoms with Gasteiger partial charge in [0.1, 0.15) is 0 Å². The van der Waals surface area contributed by atoms with E-state index in [2.05, 4.69) is 40.2 Å². The van der Waals surface area contributed by atoms with E-state index in [1.54, 1.807) is 0 Å². The highest BCUT2D eigenvalue weighted by Crippen LogP contribution is 2.31. The van der Waals surface area contributed by atoms with Crippen molar-refractivity contribution in [2.45, 2.75) is 32.2 Å². The maximum absolute atomic E-state index is 10.9. The number of hydrogen-bond acceptors (Lipinski definition) is 4. The Morgan fingerprint density at radius 2 is 1.88 bits per heavy atom. The lowest BCUT2D eigenvalue weighted by Crippen LogP contribution is -2.43. The molecule has 2 aliphatic heterocycles. The van der Waals surface area contributed by atoms with Gasteiger partial charge in [0.25, 0.3) is 0 Å². The van der Waals surface area contributed by atoms with E-state index in [4.69, 9.17) is 5.11 Å². The molecule has 2 fully saturated rings. The predicted molar refractivity (Wildman–Crippen MR) is 95.4 cm³/mol. The topological polar surface area (TPSA) is 55.8 Å². The SMILES string of the molecule is Cc1ccc(CN2CCNCC2)c(C2CCN(CC(=O)O)CC2)c1. The molecule has 0 bridgehead atoms. The summed E-state index contributed by atoms with van der Waals surface area (Å²) in [6.07, 6.45) is 2.12. The van der Waals surface area contributed by atoms with Gasteiger partial charge in [-0.2, -0.15) is 0 Å². The molecule has 0 aliphatic carbocycles. The fourth-order valence-electron chi connectivity index (χ4n) is 3.94. The minimum absolute atomic E-state index is 0.175. The molecule has 5 nitrogen and oxygen atoms in total. The zero-order valence-electron chi connectivity index (χ0n) is 14.6. The highest BCUT2D eigenvalue weighted by Gasteiger charge is 2.24. The summed E-state index contributed by atoms with van der Waals surface area (Å²) in [7, 11) is 0. The van der Waals surface area contributed by atoms with Gasteiger partial charge in [0.2, 0.25) is 0 Å². The van der Waals surface area contributed by atoms with Crippen molar-refractivity contribution in [2.24, 2.45) is 0 Å². The third-order valence-corrected chi connectivity index (χ3v) is 5.29. The molecule has 1 aromatic carbocycles. The molecule has 2 N–H and O–H groups in total. The van der Waals surface area contributed by atoms with Crippen molar-refractivity contribution >= 4 is 5.97 Å². The average Bonchev–Trinajstić information content (AvgIpc) is 2.58. The lowest BCUT2D eigenvalue weighted by atomic mass is 9.85. The van der Waals surface area contributed by atoms with E-state index >= 15 is 0 Å². The van der Waals surface area contributed by atoms with Crippen molar-refractivity contribution in [2.75, 3.05) is 45.8 Å². The van der Waals surface area contributed by atoms with Crippen LogP contribution in [-0.2, 0) is 11.3 Å². The molecule has 2 aliphatic rings. The Kier molecular flexibility index (Phi) is 5.87. The average molecular weight is 331 g/mol. The number of carboxylic acids is 1. The molecule has 0 aromatic heterocycles. The van der Waals surface area contributed by atoms with Gasteiger partial charge in [-0.1, -0.05) is 23.8 Å². The van der Waals surface area contributed by atoms with Crippen LogP contribution in [0.2, 0.25) is 0 Å². The lowest BCUT2D eigenvalue weighted by Gasteiger charge is -2.33. The molecule has 0 unspecified atom stereocenters. The number of carbonyl (C=O) groups is 1. The smallest absolute Gasteiger partial charge is 0.317 e. The Labute approximate surface area is 144 Å². The second kappa shape index (κ2) is 8.10. The molecule has 24 heavy (non-hydrogen) atoms. The van der Waals surface area contributed by atoms with Gasteiger partial charge in [-0.05, 0) is 49.9 Å². The van der Waals surface area contributed by atoms with E-state index < -0.39 is 5.97 Å². The Bertz CT molecular complexity index is 562. The maximum Gasteiger partial charge on any atom is 0.317 e. The van der Waals surface area contributed by atoms with Gasteiger partial charge in [-0.25, -0.2) is 0 Å². The van der Waals surface area contributed by atoms with Crippen LogP contribution < -0.4 is 5.32 Å². The lowest BCUT2D eigenvalue weighted by molar-refractivity contribution is -0.138. The van der Waals surface area contributed by atoms with Crippen molar-refractivity contribution in [3.05, 3.63) is 34.9 Å². The van der Waals surface area contributed by atoms with Crippen LogP contribution in [0.4, 0.5) is 0 Å². The molecular weight excluding hydrogens is 302 g/mol. The quantitative estimate of drug-likeness (QED) is 0.859. The Hall–Kier alpha value is -1.43. The molecule has 5 heteroatoms. The van der Waals surface area contributed by atoms with E-state index in [1.807, 2.05) is 0 Å². The number of hydrogen-bond donors (Lipinski definition) is 2. The van der Waals surface area contributed by atoms with Gasteiger partial charge in [0.05, 0.1) is 6.54 Å². The summed E-state index contributed by atoms with van der Waals surface area (Å²) in [5.74, 6) is -0.156. The summed E-state index contributed by atoms with van der Waals surface area (Å²) in [4.78, 5) is 15.5. The van der Waals surface area contributed by atoms with Crippen LogP contribution in [0, 0.1) is 6.92 Å². The van der Waals surface area contributed by atoms with E-state index in [0.717, 1.165) is 58.7 Å². The Morgan fingerprint density at radius 1 is 1.17 bits per heavy atom. The van der Waals surface area contributed by atoms with Crippen molar-refractivity contribution < 1.29 is 9.90 Å². The monoisotopic (exact) mass is 331 g/mol. The Morgan fingerprint density at radius 3 is 2.54 bits per heavy atom. The maximum atomic E-state index is 10.9. The Balaban J connectivity index is 1.68. The van der Waals surface area contributed by atoms with Gasteiger partial charge in [0, 0.05) is 32.7 Å². The van der Waals surface area contributed by atoms with Crippen LogP contribution in [0.1, 0.15) is 35.4 Å². The summed E-state index contributed by atoms with van der Waals surface area (Å²) in [6, 6.07) is 6.88. The van der Waals surface area contributed by atoms with E-state index in [9.17, 15) is 4.79 Å². The first kappa shape index (κ1) is 17.4. The van der Waals surface area contributed by atoms with Gasteiger partial charge >= 0.3 is 5.97 Å². The normalized spacial score (nSPS) is 21.0. The van der Waals surface area contributed by atoms with Gasteiger partial charge in [-0.3, -0.25) is 14.6 Å². The van der Waals surface area contributed by atoms with Crippen molar-refractivity contribution in [1.29, 1.82) is 0 Å². The van der Waals surface area contributed by atoms with Gasteiger partial charge in [0.15, 0.2) is 0 Å². The summed E-state index contributed by atoms with van der Waals surface area (Å²) in [5.41, 5.74) is 4.27. The van der Waals surface area contributed by atoms with Crippen LogP contribution >= 0.6 is 0 Å². The summed E-state index contributed by atoms with van der Waals surface area (Å²) >= 11 is 0. The van der Waals surface area contributed by atoms with E-state index in [0.29, 0.717) is 5.92 Å². The first-order valence-electron chi connectivity index (χ1n) is 9.08.